The minimum atomic E-state index is -0.307. The van der Waals surface area contributed by atoms with Crippen molar-refractivity contribution in [3.8, 4) is 0 Å². The van der Waals surface area contributed by atoms with Crippen molar-refractivity contribution in [2.75, 3.05) is 19.6 Å². The number of aryl methyl sites for hydroxylation is 1. The van der Waals surface area contributed by atoms with Crippen molar-refractivity contribution in [2.24, 2.45) is 0 Å². The lowest BCUT2D eigenvalue weighted by Gasteiger charge is -2.28. The summed E-state index contributed by atoms with van der Waals surface area (Å²) < 4.78 is 13.5. The molecule has 0 aliphatic rings. The molecule has 0 aliphatic carbocycles. The summed E-state index contributed by atoms with van der Waals surface area (Å²) in [5, 5.41) is 1.14. The standard InChI is InChI=1S/C31H34FN3O2/c1-2-19-34(30(36)17-14-24-8-4-3-5-9-24)23-31(37)35(22-25-12-15-27(32)16-13-25)20-18-26-21-33-29-11-7-6-10-28(26)29/h3-13,15-16,21,33H,2,14,17-20,22-23H2,1H3. The van der Waals surface area contributed by atoms with Gasteiger partial charge in [0.25, 0.3) is 0 Å². The van der Waals surface area contributed by atoms with Crippen molar-refractivity contribution in [1.82, 2.24) is 14.8 Å². The molecule has 1 N–H and O–H groups in total. The monoisotopic (exact) mass is 499 g/mol. The molecule has 192 valence electrons. The predicted molar refractivity (Wildman–Crippen MR) is 145 cm³/mol. The van der Waals surface area contributed by atoms with E-state index < -0.39 is 0 Å². The van der Waals surface area contributed by atoms with E-state index in [4.69, 9.17) is 0 Å². The average molecular weight is 500 g/mol. The molecule has 0 bridgehead atoms. The fraction of sp³-hybridized carbons (Fsp3) is 0.290. The van der Waals surface area contributed by atoms with Gasteiger partial charge in [-0.2, -0.15) is 0 Å². The van der Waals surface area contributed by atoms with Gasteiger partial charge in [-0.3, -0.25) is 9.59 Å². The number of H-pyrrole nitrogens is 1. The van der Waals surface area contributed by atoms with Crippen LogP contribution in [0.5, 0.6) is 0 Å². The van der Waals surface area contributed by atoms with E-state index in [2.05, 4.69) is 11.1 Å². The molecule has 4 rings (SSSR count). The molecular weight excluding hydrogens is 465 g/mol. The second-order valence-electron chi connectivity index (χ2n) is 9.35. The lowest BCUT2D eigenvalue weighted by atomic mass is 10.1. The van der Waals surface area contributed by atoms with E-state index in [0.29, 0.717) is 38.9 Å². The summed E-state index contributed by atoms with van der Waals surface area (Å²) in [7, 11) is 0. The minimum Gasteiger partial charge on any atom is -0.361 e. The van der Waals surface area contributed by atoms with Crippen molar-refractivity contribution < 1.29 is 14.0 Å². The molecule has 0 radical (unpaired) electrons. The zero-order chi connectivity index (χ0) is 26.0. The van der Waals surface area contributed by atoms with Gasteiger partial charge in [-0.05, 0) is 54.2 Å². The maximum atomic E-state index is 13.6. The van der Waals surface area contributed by atoms with Crippen LogP contribution >= 0.6 is 0 Å². The zero-order valence-corrected chi connectivity index (χ0v) is 21.3. The first-order valence-electron chi connectivity index (χ1n) is 12.9. The third kappa shape index (κ3) is 7.29. The maximum Gasteiger partial charge on any atom is 0.242 e. The van der Waals surface area contributed by atoms with Gasteiger partial charge in [-0.15, -0.1) is 0 Å². The summed E-state index contributed by atoms with van der Waals surface area (Å²) in [5.41, 5.74) is 4.16. The van der Waals surface area contributed by atoms with Crippen LogP contribution in [0.25, 0.3) is 10.9 Å². The number of nitrogens with one attached hydrogen (secondary N) is 1. The average Bonchev–Trinajstić information content (AvgIpc) is 3.34. The third-order valence-electron chi connectivity index (χ3n) is 6.61. The van der Waals surface area contributed by atoms with Crippen molar-refractivity contribution in [3.63, 3.8) is 0 Å². The number of para-hydroxylation sites is 1. The Balaban J connectivity index is 1.46. The van der Waals surface area contributed by atoms with Gasteiger partial charge in [0.1, 0.15) is 5.82 Å². The molecule has 37 heavy (non-hydrogen) atoms. The topological polar surface area (TPSA) is 56.4 Å². The first-order chi connectivity index (χ1) is 18.0. The van der Waals surface area contributed by atoms with Crippen LogP contribution in [-0.2, 0) is 29.0 Å². The molecule has 4 aromatic rings. The number of aromatic nitrogens is 1. The number of fused-ring (bicyclic) bond motifs is 1. The van der Waals surface area contributed by atoms with Crippen LogP contribution in [0.2, 0.25) is 0 Å². The lowest BCUT2D eigenvalue weighted by molar-refractivity contribution is -0.140. The molecule has 0 spiro atoms. The van der Waals surface area contributed by atoms with Crippen LogP contribution in [0.1, 0.15) is 36.5 Å². The van der Waals surface area contributed by atoms with Gasteiger partial charge in [-0.25, -0.2) is 4.39 Å². The summed E-state index contributed by atoms with van der Waals surface area (Å²) in [6, 6.07) is 24.2. The molecule has 1 heterocycles. The second-order valence-corrected chi connectivity index (χ2v) is 9.35. The van der Waals surface area contributed by atoms with Gasteiger partial charge in [0.2, 0.25) is 11.8 Å². The number of halogens is 1. The summed E-state index contributed by atoms with van der Waals surface area (Å²) in [4.78, 5) is 33.4. The molecule has 1 aromatic heterocycles. The summed E-state index contributed by atoms with van der Waals surface area (Å²) >= 11 is 0. The van der Waals surface area contributed by atoms with Crippen molar-refractivity contribution in [3.05, 3.63) is 108 Å². The van der Waals surface area contributed by atoms with E-state index >= 15 is 0 Å². The normalized spacial score (nSPS) is 11.0. The van der Waals surface area contributed by atoms with E-state index in [1.807, 2.05) is 61.7 Å². The van der Waals surface area contributed by atoms with Gasteiger partial charge in [0.15, 0.2) is 0 Å². The van der Waals surface area contributed by atoms with Gasteiger partial charge >= 0.3 is 0 Å². The van der Waals surface area contributed by atoms with E-state index in [0.717, 1.165) is 34.0 Å². The number of amides is 2. The zero-order valence-electron chi connectivity index (χ0n) is 21.3. The Kier molecular flexibility index (Phi) is 9.08. The molecule has 0 unspecified atom stereocenters. The lowest BCUT2D eigenvalue weighted by Crippen LogP contribution is -2.43. The first-order valence-corrected chi connectivity index (χ1v) is 12.9. The fourth-order valence-corrected chi connectivity index (χ4v) is 4.58. The Morgan fingerprint density at radius 3 is 2.27 bits per heavy atom. The summed E-state index contributed by atoms with van der Waals surface area (Å²) in [5.74, 6) is -0.429. The number of aromatic amines is 1. The summed E-state index contributed by atoms with van der Waals surface area (Å²) in [6.07, 6.45) is 4.45. The Morgan fingerprint density at radius 1 is 0.784 bits per heavy atom. The molecular formula is C31H34FN3O2. The summed E-state index contributed by atoms with van der Waals surface area (Å²) in [6.45, 7) is 3.44. The quantitative estimate of drug-likeness (QED) is 0.270. The van der Waals surface area contributed by atoms with E-state index in [1.54, 1.807) is 21.9 Å². The minimum absolute atomic E-state index is 0.0163. The predicted octanol–water partition coefficient (Wildman–Crippen LogP) is 5.75. The highest BCUT2D eigenvalue weighted by Crippen LogP contribution is 2.19. The molecule has 0 saturated carbocycles. The highest BCUT2D eigenvalue weighted by atomic mass is 19.1. The molecule has 0 fully saturated rings. The van der Waals surface area contributed by atoms with E-state index in [-0.39, 0.29) is 24.2 Å². The first kappa shape index (κ1) is 26.1. The van der Waals surface area contributed by atoms with Crippen molar-refractivity contribution in [1.29, 1.82) is 0 Å². The van der Waals surface area contributed by atoms with Crippen LogP contribution in [0, 0.1) is 5.82 Å². The SMILES string of the molecule is CCCN(CC(=O)N(CCc1c[nH]c2ccccc12)Cc1ccc(F)cc1)C(=O)CCc1ccccc1. The fourth-order valence-electron chi connectivity index (χ4n) is 4.58. The molecule has 0 atom stereocenters. The number of hydrogen-bond donors (Lipinski definition) is 1. The van der Waals surface area contributed by atoms with Gasteiger partial charge < -0.3 is 14.8 Å². The Hall–Kier alpha value is -3.93. The molecule has 0 saturated heterocycles. The molecule has 0 aliphatic heterocycles. The number of carbonyl (C=O) groups excluding carboxylic acids is 2. The largest absolute Gasteiger partial charge is 0.361 e. The molecule has 3 aromatic carbocycles. The smallest absolute Gasteiger partial charge is 0.242 e. The number of nitrogens with zero attached hydrogens (tertiary/aromatic N) is 2. The van der Waals surface area contributed by atoms with Crippen LogP contribution in [0.4, 0.5) is 4.39 Å². The number of rotatable bonds is 12. The maximum absolute atomic E-state index is 13.6. The molecule has 5 nitrogen and oxygen atoms in total. The van der Waals surface area contributed by atoms with E-state index in [9.17, 15) is 14.0 Å². The molecule has 6 heteroatoms. The van der Waals surface area contributed by atoms with Gasteiger partial charge in [0.05, 0.1) is 6.54 Å². The molecule has 2 amide bonds. The van der Waals surface area contributed by atoms with Crippen molar-refractivity contribution in [2.45, 2.75) is 39.2 Å². The van der Waals surface area contributed by atoms with Crippen LogP contribution in [0.3, 0.4) is 0 Å². The van der Waals surface area contributed by atoms with Crippen molar-refractivity contribution >= 4 is 22.7 Å². The van der Waals surface area contributed by atoms with Crippen LogP contribution in [-0.4, -0.2) is 46.2 Å². The number of hydrogen-bond acceptors (Lipinski definition) is 2. The number of benzene rings is 3. The van der Waals surface area contributed by atoms with Crippen LogP contribution < -0.4 is 0 Å². The Labute approximate surface area is 217 Å². The van der Waals surface area contributed by atoms with Gasteiger partial charge in [0, 0.05) is 43.2 Å². The van der Waals surface area contributed by atoms with Crippen LogP contribution in [0.15, 0.2) is 85.1 Å². The highest BCUT2D eigenvalue weighted by Gasteiger charge is 2.21. The van der Waals surface area contributed by atoms with E-state index in [1.165, 1.54) is 12.1 Å². The van der Waals surface area contributed by atoms with Gasteiger partial charge in [-0.1, -0.05) is 67.6 Å². The second kappa shape index (κ2) is 12.9. The Bertz CT molecular complexity index is 1300. The Morgan fingerprint density at radius 2 is 1.51 bits per heavy atom. The highest BCUT2D eigenvalue weighted by molar-refractivity contribution is 5.85. The number of carbonyl (C=O) groups is 2. The third-order valence-corrected chi connectivity index (χ3v) is 6.61.